The van der Waals surface area contributed by atoms with Gasteiger partial charge < -0.3 is 14.8 Å². The third-order valence-corrected chi connectivity index (χ3v) is 5.32. The summed E-state index contributed by atoms with van der Waals surface area (Å²) < 4.78 is 25.6. The molecule has 0 bridgehead atoms. The van der Waals surface area contributed by atoms with Crippen LogP contribution in [0.2, 0.25) is 5.02 Å². The predicted octanol–water partition coefficient (Wildman–Crippen LogP) is 6.76. The molecule has 5 nitrogen and oxygen atoms in total. The highest BCUT2D eigenvalue weighted by Gasteiger charge is 2.15. The zero-order chi connectivity index (χ0) is 23.8. The molecule has 1 amide bonds. The standard InChI is InChI=1S/C25H19BrClFN2O3/c1-2-32-23-13-17(10-18(14-29)25(31)30-22-9-4-3-8-21(22)27)12-20(26)24(23)33-15-16-6-5-7-19(28)11-16/h3-13H,2,15H2,1H3,(H,30,31)/b18-10+. The lowest BCUT2D eigenvalue weighted by molar-refractivity contribution is -0.112. The molecule has 0 unspecified atom stereocenters. The number of benzene rings is 3. The third-order valence-electron chi connectivity index (χ3n) is 4.40. The zero-order valence-corrected chi connectivity index (χ0v) is 19.9. The van der Waals surface area contributed by atoms with Crippen LogP contribution in [0.3, 0.4) is 0 Å². The number of hydrogen-bond acceptors (Lipinski definition) is 4. The highest BCUT2D eigenvalue weighted by atomic mass is 79.9. The minimum atomic E-state index is -0.592. The first-order chi connectivity index (χ1) is 15.9. The van der Waals surface area contributed by atoms with E-state index in [0.29, 0.717) is 44.4 Å². The van der Waals surface area contributed by atoms with Crippen molar-refractivity contribution in [3.8, 4) is 17.6 Å². The third kappa shape index (κ3) is 6.58. The van der Waals surface area contributed by atoms with Gasteiger partial charge in [-0.25, -0.2) is 4.39 Å². The van der Waals surface area contributed by atoms with Crippen LogP contribution in [0.4, 0.5) is 10.1 Å². The molecule has 0 radical (unpaired) electrons. The van der Waals surface area contributed by atoms with E-state index in [1.165, 1.54) is 18.2 Å². The molecule has 0 fully saturated rings. The second kappa shape index (κ2) is 11.5. The van der Waals surface area contributed by atoms with Gasteiger partial charge in [-0.1, -0.05) is 35.9 Å². The number of hydrogen-bond donors (Lipinski definition) is 1. The summed E-state index contributed by atoms with van der Waals surface area (Å²) in [6.07, 6.45) is 1.44. The Kier molecular flexibility index (Phi) is 8.47. The maximum atomic E-state index is 13.4. The Morgan fingerprint density at radius 1 is 1.18 bits per heavy atom. The van der Waals surface area contributed by atoms with Crippen molar-refractivity contribution < 1.29 is 18.7 Å². The molecule has 3 aromatic carbocycles. The molecule has 0 heterocycles. The molecule has 8 heteroatoms. The monoisotopic (exact) mass is 528 g/mol. The van der Waals surface area contributed by atoms with Crippen LogP contribution in [-0.2, 0) is 11.4 Å². The molecule has 168 valence electrons. The fourth-order valence-electron chi connectivity index (χ4n) is 2.92. The van der Waals surface area contributed by atoms with Gasteiger partial charge in [0.05, 0.1) is 21.8 Å². The van der Waals surface area contributed by atoms with E-state index in [0.717, 1.165) is 0 Å². The minimum absolute atomic E-state index is 0.113. The Hall–Kier alpha value is -3.34. The van der Waals surface area contributed by atoms with Crippen LogP contribution < -0.4 is 14.8 Å². The van der Waals surface area contributed by atoms with E-state index in [1.807, 2.05) is 13.0 Å². The van der Waals surface area contributed by atoms with Crippen molar-refractivity contribution in [3.63, 3.8) is 0 Å². The van der Waals surface area contributed by atoms with E-state index in [1.54, 1.807) is 48.5 Å². The number of anilines is 1. The van der Waals surface area contributed by atoms with Gasteiger partial charge in [0.25, 0.3) is 5.91 Å². The number of carbonyl (C=O) groups is 1. The first kappa shape index (κ1) is 24.3. The van der Waals surface area contributed by atoms with Crippen LogP contribution in [0.1, 0.15) is 18.1 Å². The van der Waals surface area contributed by atoms with Crippen molar-refractivity contribution in [1.82, 2.24) is 0 Å². The molecule has 33 heavy (non-hydrogen) atoms. The highest BCUT2D eigenvalue weighted by molar-refractivity contribution is 9.10. The number of nitrogens with one attached hydrogen (secondary N) is 1. The van der Waals surface area contributed by atoms with Gasteiger partial charge in [-0.15, -0.1) is 0 Å². The number of para-hydroxylation sites is 1. The van der Waals surface area contributed by atoms with Crippen LogP contribution >= 0.6 is 27.5 Å². The summed E-state index contributed by atoms with van der Waals surface area (Å²) in [5, 5.41) is 12.5. The zero-order valence-electron chi connectivity index (χ0n) is 17.6. The maximum Gasteiger partial charge on any atom is 0.266 e. The number of nitrogens with zero attached hydrogens (tertiary/aromatic N) is 1. The molecule has 0 saturated heterocycles. The van der Waals surface area contributed by atoms with Crippen LogP contribution in [0.25, 0.3) is 6.08 Å². The number of ether oxygens (including phenoxy) is 2. The summed E-state index contributed by atoms with van der Waals surface area (Å²) in [4.78, 5) is 12.6. The summed E-state index contributed by atoms with van der Waals surface area (Å²) in [5.41, 5.74) is 1.51. The molecule has 0 aromatic heterocycles. The van der Waals surface area contributed by atoms with Crippen molar-refractivity contribution >= 4 is 45.2 Å². The number of amides is 1. The van der Waals surface area contributed by atoms with Crippen LogP contribution in [-0.4, -0.2) is 12.5 Å². The van der Waals surface area contributed by atoms with Crippen molar-refractivity contribution in [3.05, 3.63) is 92.7 Å². The van der Waals surface area contributed by atoms with E-state index in [-0.39, 0.29) is 18.0 Å². The lowest BCUT2D eigenvalue weighted by atomic mass is 10.1. The molecule has 0 aliphatic rings. The number of carbonyl (C=O) groups excluding carboxylic acids is 1. The number of halogens is 3. The Balaban J connectivity index is 1.86. The summed E-state index contributed by atoms with van der Waals surface area (Å²) in [6.45, 7) is 2.33. The van der Waals surface area contributed by atoms with E-state index in [4.69, 9.17) is 21.1 Å². The van der Waals surface area contributed by atoms with Crippen LogP contribution in [0.5, 0.6) is 11.5 Å². The van der Waals surface area contributed by atoms with Crippen molar-refractivity contribution in [1.29, 1.82) is 5.26 Å². The van der Waals surface area contributed by atoms with Gasteiger partial charge in [0.1, 0.15) is 24.1 Å². The van der Waals surface area contributed by atoms with Gasteiger partial charge in [-0.3, -0.25) is 4.79 Å². The smallest absolute Gasteiger partial charge is 0.266 e. The van der Waals surface area contributed by atoms with Gasteiger partial charge >= 0.3 is 0 Å². The Morgan fingerprint density at radius 2 is 1.97 bits per heavy atom. The van der Waals surface area contributed by atoms with Gasteiger partial charge in [0.2, 0.25) is 0 Å². The topological polar surface area (TPSA) is 71.3 Å². The number of nitriles is 1. The lowest BCUT2D eigenvalue weighted by Gasteiger charge is -2.15. The van der Waals surface area contributed by atoms with Gasteiger partial charge in [0, 0.05) is 0 Å². The summed E-state index contributed by atoms with van der Waals surface area (Å²) >= 11 is 9.54. The molecule has 0 spiro atoms. The molecule has 3 rings (SSSR count). The minimum Gasteiger partial charge on any atom is -0.490 e. The fraction of sp³-hybridized carbons (Fsp3) is 0.120. The Bertz CT molecular complexity index is 1240. The number of rotatable bonds is 8. The molecule has 0 aliphatic carbocycles. The lowest BCUT2D eigenvalue weighted by Crippen LogP contribution is -2.13. The van der Waals surface area contributed by atoms with E-state index in [9.17, 15) is 14.4 Å². The largest absolute Gasteiger partial charge is 0.490 e. The average Bonchev–Trinajstić information content (AvgIpc) is 2.78. The molecule has 1 N–H and O–H groups in total. The second-order valence-corrected chi connectivity index (χ2v) is 8.05. The average molecular weight is 530 g/mol. The molecular formula is C25H19BrClFN2O3. The highest BCUT2D eigenvalue weighted by Crippen LogP contribution is 2.38. The SMILES string of the molecule is CCOc1cc(/C=C(\C#N)C(=O)Nc2ccccc2Cl)cc(Br)c1OCc1cccc(F)c1. The molecule has 0 atom stereocenters. The van der Waals surface area contributed by atoms with E-state index >= 15 is 0 Å². The van der Waals surface area contributed by atoms with Crippen molar-refractivity contribution in [2.24, 2.45) is 0 Å². The first-order valence-electron chi connectivity index (χ1n) is 9.92. The van der Waals surface area contributed by atoms with Crippen LogP contribution in [0.15, 0.2) is 70.7 Å². The van der Waals surface area contributed by atoms with Crippen molar-refractivity contribution in [2.75, 3.05) is 11.9 Å². The normalized spacial score (nSPS) is 10.9. The Morgan fingerprint density at radius 3 is 2.67 bits per heavy atom. The Labute approximate surface area is 204 Å². The second-order valence-electron chi connectivity index (χ2n) is 6.79. The summed E-state index contributed by atoms with van der Waals surface area (Å²) in [5.74, 6) is -0.0958. The molecule has 3 aromatic rings. The quantitative estimate of drug-likeness (QED) is 0.258. The molecule has 0 saturated carbocycles. The van der Waals surface area contributed by atoms with Gasteiger partial charge in [-0.2, -0.15) is 5.26 Å². The summed E-state index contributed by atoms with van der Waals surface area (Å²) in [7, 11) is 0. The van der Waals surface area contributed by atoms with Gasteiger partial charge in [-0.05, 0) is 76.5 Å². The predicted molar refractivity (Wildman–Crippen MR) is 130 cm³/mol. The van der Waals surface area contributed by atoms with E-state index < -0.39 is 5.91 Å². The van der Waals surface area contributed by atoms with Crippen molar-refractivity contribution in [2.45, 2.75) is 13.5 Å². The van der Waals surface area contributed by atoms with Gasteiger partial charge in [0.15, 0.2) is 11.5 Å². The maximum absolute atomic E-state index is 13.4. The van der Waals surface area contributed by atoms with E-state index in [2.05, 4.69) is 21.2 Å². The van der Waals surface area contributed by atoms with Crippen LogP contribution in [0, 0.1) is 17.1 Å². The molecular weight excluding hydrogens is 511 g/mol. The fourth-order valence-corrected chi connectivity index (χ4v) is 3.68. The summed E-state index contributed by atoms with van der Waals surface area (Å²) in [6, 6.07) is 18.1. The molecule has 0 aliphatic heterocycles. The first-order valence-corrected chi connectivity index (χ1v) is 11.1.